The number of ether oxygens (including phenoxy) is 1. The van der Waals surface area contributed by atoms with Crippen molar-refractivity contribution in [3.05, 3.63) is 95.1 Å². The van der Waals surface area contributed by atoms with Gasteiger partial charge in [0.1, 0.15) is 30.1 Å². The predicted molar refractivity (Wildman–Crippen MR) is 111 cm³/mol. The lowest BCUT2D eigenvalue weighted by Crippen LogP contribution is -1.97. The molecule has 0 saturated carbocycles. The molecule has 0 aliphatic rings. The van der Waals surface area contributed by atoms with Crippen molar-refractivity contribution < 1.29 is 9.13 Å². The molecule has 5 heteroatoms. The summed E-state index contributed by atoms with van der Waals surface area (Å²) in [4.78, 5) is 7.74. The van der Waals surface area contributed by atoms with Gasteiger partial charge in [-0.2, -0.15) is 5.26 Å². The number of hydrogen-bond acceptors (Lipinski definition) is 3. The number of nitrogens with one attached hydrogen (secondary N) is 1. The molecule has 29 heavy (non-hydrogen) atoms. The van der Waals surface area contributed by atoms with E-state index in [-0.39, 0.29) is 5.82 Å². The van der Waals surface area contributed by atoms with Crippen molar-refractivity contribution in [3.8, 4) is 11.8 Å². The molecule has 1 aromatic heterocycles. The third kappa shape index (κ3) is 4.17. The van der Waals surface area contributed by atoms with Crippen molar-refractivity contribution >= 4 is 22.7 Å². The second-order valence-corrected chi connectivity index (χ2v) is 6.73. The minimum Gasteiger partial charge on any atom is -0.488 e. The van der Waals surface area contributed by atoms with Crippen LogP contribution in [0.1, 0.15) is 22.5 Å². The molecule has 1 heterocycles. The molecule has 142 valence electrons. The molecular formula is C24H18FN3O. The van der Waals surface area contributed by atoms with Gasteiger partial charge < -0.3 is 9.72 Å². The zero-order valence-electron chi connectivity index (χ0n) is 15.8. The number of aromatic nitrogens is 2. The Morgan fingerprint density at radius 1 is 1.14 bits per heavy atom. The summed E-state index contributed by atoms with van der Waals surface area (Å²) in [7, 11) is 0. The van der Waals surface area contributed by atoms with Gasteiger partial charge in [0.2, 0.25) is 0 Å². The molecule has 0 amide bonds. The van der Waals surface area contributed by atoms with E-state index in [9.17, 15) is 9.65 Å². The number of para-hydroxylation sites is 1. The fourth-order valence-corrected chi connectivity index (χ4v) is 3.03. The van der Waals surface area contributed by atoms with Crippen LogP contribution in [0.3, 0.4) is 0 Å². The van der Waals surface area contributed by atoms with Crippen molar-refractivity contribution in [1.82, 2.24) is 9.97 Å². The van der Waals surface area contributed by atoms with Crippen molar-refractivity contribution in [2.75, 3.05) is 0 Å². The second-order valence-electron chi connectivity index (χ2n) is 6.73. The van der Waals surface area contributed by atoms with Crippen LogP contribution in [0.25, 0.3) is 22.7 Å². The van der Waals surface area contributed by atoms with Crippen LogP contribution in [0, 0.1) is 24.1 Å². The van der Waals surface area contributed by atoms with E-state index in [2.05, 4.69) is 16.0 Å². The van der Waals surface area contributed by atoms with E-state index in [0.29, 0.717) is 23.8 Å². The summed E-state index contributed by atoms with van der Waals surface area (Å²) in [6, 6.07) is 21.8. The van der Waals surface area contributed by atoms with Gasteiger partial charge in [0.05, 0.1) is 16.6 Å². The average Bonchev–Trinajstić information content (AvgIpc) is 3.15. The van der Waals surface area contributed by atoms with Gasteiger partial charge in [-0.05, 0) is 54.5 Å². The van der Waals surface area contributed by atoms with Crippen LogP contribution in [-0.2, 0) is 6.61 Å². The Morgan fingerprint density at radius 2 is 1.93 bits per heavy atom. The van der Waals surface area contributed by atoms with Gasteiger partial charge in [-0.15, -0.1) is 0 Å². The molecule has 4 rings (SSSR count). The van der Waals surface area contributed by atoms with Crippen LogP contribution in [0.2, 0.25) is 0 Å². The highest BCUT2D eigenvalue weighted by molar-refractivity contribution is 5.91. The monoisotopic (exact) mass is 383 g/mol. The molecule has 0 bridgehead atoms. The summed E-state index contributed by atoms with van der Waals surface area (Å²) in [5, 5.41) is 9.69. The van der Waals surface area contributed by atoms with Gasteiger partial charge in [-0.25, -0.2) is 9.37 Å². The second kappa shape index (κ2) is 7.99. The molecule has 4 aromatic rings. The molecule has 1 N–H and O–H groups in total. The Kier molecular flexibility index (Phi) is 5.08. The number of aromatic amines is 1. The highest BCUT2D eigenvalue weighted by atomic mass is 19.1. The first kappa shape index (κ1) is 18.5. The third-order valence-electron chi connectivity index (χ3n) is 4.54. The molecule has 0 radical (unpaired) electrons. The minimum atomic E-state index is -0.281. The molecule has 0 aliphatic heterocycles. The zero-order chi connectivity index (χ0) is 20.2. The lowest BCUT2D eigenvalue weighted by atomic mass is 10.1. The topological polar surface area (TPSA) is 61.7 Å². The van der Waals surface area contributed by atoms with Crippen molar-refractivity contribution in [2.45, 2.75) is 13.5 Å². The normalized spacial score (nSPS) is 11.4. The van der Waals surface area contributed by atoms with Crippen molar-refractivity contribution in [1.29, 1.82) is 5.26 Å². The number of nitrogens with zero attached hydrogens (tertiary/aromatic N) is 2. The SMILES string of the molecule is Cc1ccc2nc(/C(C#N)=C\c3ccccc3OCc3ccc(F)cc3)[nH]c2c1. The lowest BCUT2D eigenvalue weighted by Gasteiger charge is -2.09. The number of H-pyrrole nitrogens is 1. The number of rotatable bonds is 5. The van der Waals surface area contributed by atoms with E-state index in [4.69, 9.17) is 4.74 Å². The standard InChI is InChI=1S/C24H18FN3O/c1-16-6-11-21-22(12-16)28-24(27-21)19(14-26)13-18-4-2-3-5-23(18)29-15-17-7-9-20(25)10-8-17/h2-13H,15H2,1H3,(H,27,28)/b19-13-. The Bertz CT molecular complexity index is 1230. The maximum atomic E-state index is 13.1. The van der Waals surface area contributed by atoms with Crippen LogP contribution in [0.5, 0.6) is 5.75 Å². The van der Waals surface area contributed by atoms with E-state index in [0.717, 1.165) is 27.7 Å². The van der Waals surface area contributed by atoms with Crippen LogP contribution in [0.4, 0.5) is 4.39 Å². The lowest BCUT2D eigenvalue weighted by molar-refractivity contribution is 0.305. The Labute approximate surface area is 167 Å². The maximum Gasteiger partial charge on any atom is 0.149 e. The molecule has 0 saturated heterocycles. The Hall–Kier alpha value is -3.91. The molecule has 0 aliphatic carbocycles. The average molecular weight is 383 g/mol. The van der Waals surface area contributed by atoms with Crippen LogP contribution in [0.15, 0.2) is 66.7 Å². The number of fused-ring (bicyclic) bond motifs is 1. The molecule has 3 aromatic carbocycles. The number of halogens is 1. The molecular weight excluding hydrogens is 365 g/mol. The van der Waals surface area contributed by atoms with E-state index in [1.807, 2.05) is 49.4 Å². The molecule has 0 atom stereocenters. The largest absolute Gasteiger partial charge is 0.488 e. The third-order valence-corrected chi connectivity index (χ3v) is 4.54. The quantitative estimate of drug-likeness (QED) is 0.453. The van der Waals surface area contributed by atoms with E-state index in [1.54, 1.807) is 18.2 Å². The molecule has 4 nitrogen and oxygen atoms in total. The summed E-state index contributed by atoms with van der Waals surface area (Å²) in [6.07, 6.45) is 1.75. The van der Waals surface area contributed by atoms with Crippen LogP contribution in [-0.4, -0.2) is 9.97 Å². The maximum absolute atomic E-state index is 13.1. The van der Waals surface area contributed by atoms with Crippen LogP contribution < -0.4 is 4.74 Å². The van der Waals surface area contributed by atoms with E-state index < -0.39 is 0 Å². The summed E-state index contributed by atoms with van der Waals surface area (Å²) in [6.45, 7) is 2.31. The highest BCUT2D eigenvalue weighted by Gasteiger charge is 2.10. The number of nitriles is 1. The highest BCUT2D eigenvalue weighted by Crippen LogP contribution is 2.26. The minimum absolute atomic E-state index is 0.281. The summed E-state index contributed by atoms with van der Waals surface area (Å²) in [5.41, 5.74) is 4.86. The first-order valence-corrected chi connectivity index (χ1v) is 9.17. The van der Waals surface area contributed by atoms with Gasteiger partial charge in [0.25, 0.3) is 0 Å². The molecule has 0 spiro atoms. The summed E-state index contributed by atoms with van der Waals surface area (Å²) < 4.78 is 19.0. The number of benzene rings is 3. The van der Waals surface area contributed by atoms with Gasteiger partial charge >= 0.3 is 0 Å². The van der Waals surface area contributed by atoms with Crippen molar-refractivity contribution in [3.63, 3.8) is 0 Å². The van der Waals surface area contributed by atoms with E-state index >= 15 is 0 Å². The van der Waals surface area contributed by atoms with Gasteiger partial charge in [-0.1, -0.05) is 36.4 Å². The molecule has 0 fully saturated rings. The zero-order valence-corrected chi connectivity index (χ0v) is 15.8. The first-order valence-electron chi connectivity index (χ1n) is 9.17. The van der Waals surface area contributed by atoms with E-state index in [1.165, 1.54) is 12.1 Å². The van der Waals surface area contributed by atoms with Gasteiger partial charge in [-0.3, -0.25) is 0 Å². The smallest absolute Gasteiger partial charge is 0.149 e. The Morgan fingerprint density at radius 3 is 2.72 bits per heavy atom. The summed E-state index contributed by atoms with van der Waals surface area (Å²) >= 11 is 0. The van der Waals surface area contributed by atoms with Gasteiger partial charge in [0, 0.05) is 5.56 Å². The first-order chi connectivity index (χ1) is 14.1. The fraction of sp³-hybridized carbons (Fsp3) is 0.0833. The molecule has 0 unspecified atom stereocenters. The van der Waals surface area contributed by atoms with Crippen molar-refractivity contribution in [2.24, 2.45) is 0 Å². The number of imidazole rings is 1. The number of allylic oxidation sites excluding steroid dienone is 1. The predicted octanol–water partition coefficient (Wildman–Crippen LogP) is 5.65. The number of aryl methyl sites for hydroxylation is 1. The van der Waals surface area contributed by atoms with Crippen LogP contribution >= 0.6 is 0 Å². The summed E-state index contributed by atoms with van der Waals surface area (Å²) in [5.74, 6) is 0.870. The number of hydrogen-bond donors (Lipinski definition) is 1. The Balaban J connectivity index is 1.63. The van der Waals surface area contributed by atoms with Gasteiger partial charge in [0.15, 0.2) is 0 Å². The fourth-order valence-electron chi connectivity index (χ4n) is 3.03.